The van der Waals surface area contributed by atoms with Gasteiger partial charge >= 0.3 is 5.97 Å². The van der Waals surface area contributed by atoms with Crippen molar-refractivity contribution < 1.29 is 29.1 Å². The first kappa shape index (κ1) is 22.5. The summed E-state index contributed by atoms with van der Waals surface area (Å²) in [5, 5.41) is 21.1. The highest BCUT2D eigenvalue weighted by Gasteiger charge is 2.46. The maximum absolute atomic E-state index is 10.8. The Labute approximate surface area is 181 Å². The second-order valence-electron chi connectivity index (χ2n) is 7.85. The molecule has 0 saturated carbocycles. The van der Waals surface area contributed by atoms with Gasteiger partial charge in [-0.15, -0.1) is 4.33 Å². The number of nitrogens with zero attached hydrogens (tertiary/aromatic N) is 1. The van der Waals surface area contributed by atoms with Gasteiger partial charge in [0.15, 0.2) is 12.3 Å². The van der Waals surface area contributed by atoms with Gasteiger partial charge in [-0.3, -0.25) is 4.79 Å². The fourth-order valence-corrected chi connectivity index (χ4v) is 4.59. The molecule has 2 aromatic carbocycles. The lowest BCUT2D eigenvalue weighted by atomic mass is 9.76. The van der Waals surface area contributed by atoms with E-state index in [1.165, 1.54) is 22.5 Å². The van der Waals surface area contributed by atoms with E-state index in [4.69, 9.17) is 10.4 Å². The van der Waals surface area contributed by atoms with Gasteiger partial charge in [0.2, 0.25) is 5.69 Å². The lowest BCUT2D eigenvalue weighted by molar-refractivity contribution is -0.456. The van der Waals surface area contributed by atoms with E-state index >= 15 is 0 Å². The summed E-state index contributed by atoms with van der Waals surface area (Å²) in [5.74, 6) is -0.739. The molecular formula is C23H28NO5S+. The third-order valence-electron chi connectivity index (χ3n) is 5.97. The molecule has 0 saturated heterocycles. The topological polar surface area (TPSA) is 79.0 Å². The molecule has 3 rings (SSSR count). The number of fused-ring (bicyclic) bond motifs is 1. The number of hydrogen-bond donors (Lipinski definition) is 2. The maximum Gasteiger partial charge on any atom is 0.303 e. The standard InChI is InChI=1S/C23H27NO5S/c1-17-23(2,14-8-4-7-11-22(25)26)20-15-19(30-29-28-27)12-13-21(20)24(17)16-18-9-5-3-6-10-18/h3,5-6,9-10,12-13,15H,4,7-8,11,14,16H2,1-2H3,(H-,25,26,27)/p+1/t23-/m0/s1. The van der Waals surface area contributed by atoms with Gasteiger partial charge in [-0.25, -0.2) is 5.26 Å². The molecule has 1 aliphatic heterocycles. The maximum atomic E-state index is 10.8. The summed E-state index contributed by atoms with van der Waals surface area (Å²) in [7, 11) is 0. The van der Waals surface area contributed by atoms with Crippen LogP contribution in [-0.4, -0.2) is 26.6 Å². The molecule has 0 radical (unpaired) electrons. The number of aliphatic carboxylic acids is 1. The third-order valence-corrected chi connectivity index (χ3v) is 6.54. The molecule has 7 heteroatoms. The average molecular weight is 431 g/mol. The summed E-state index contributed by atoms with van der Waals surface area (Å²) in [5.41, 5.74) is 4.73. The van der Waals surface area contributed by atoms with Crippen LogP contribution in [0.25, 0.3) is 0 Å². The average Bonchev–Trinajstić information content (AvgIpc) is 2.94. The van der Waals surface area contributed by atoms with E-state index in [0.29, 0.717) is 6.42 Å². The first-order chi connectivity index (χ1) is 14.5. The van der Waals surface area contributed by atoms with Crippen LogP contribution >= 0.6 is 12.0 Å². The van der Waals surface area contributed by atoms with Crippen LogP contribution in [0.15, 0.2) is 53.4 Å². The number of benzene rings is 2. The summed E-state index contributed by atoms with van der Waals surface area (Å²) in [6, 6.07) is 16.5. The van der Waals surface area contributed by atoms with Crippen molar-refractivity contribution in [2.75, 3.05) is 0 Å². The van der Waals surface area contributed by atoms with Crippen molar-refractivity contribution in [2.45, 2.75) is 62.8 Å². The lowest BCUT2D eigenvalue weighted by Crippen LogP contribution is -2.30. The van der Waals surface area contributed by atoms with E-state index in [0.717, 1.165) is 42.7 Å². The van der Waals surface area contributed by atoms with Crippen LogP contribution in [0.2, 0.25) is 0 Å². The molecular weight excluding hydrogens is 402 g/mol. The number of rotatable bonds is 11. The Morgan fingerprint density at radius 2 is 1.90 bits per heavy atom. The summed E-state index contributed by atoms with van der Waals surface area (Å²) in [4.78, 5) is 11.6. The highest BCUT2D eigenvalue weighted by atomic mass is 32.2. The number of unbranched alkanes of at least 4 members (excludes halogenated alkanes) is 2. The van der Waals surface area contributed by atoms with E-state index in [9.17, 15) is 4.79 Å². The molecule has 0 fully saturated rings. The number of carbonyl (C=O) groups is 1. The third kappa shape index (κ3) is 5.10. The minimum absolute atomic E-state index is 0.163. The first-order valence-electron chi connectivity index (χ1n) is 10.1. The van der Waals surface area contributed by atoms with E-state index in [-0.39, 0.29) is 11.8 Å². The molecule has 1 aliphatic rings. The van der Waals surface area contributed by atoms with Crippen molar-refractivity contribution in [3.05, 3.63) is 59.7 Å². The molecule has 0 aliphatic carbocycles. The van der Waals surface area contributed by atoms with Gasteiger partial charge in [-0.1, -0.05) is 48.2 Å². The highest BCUT2D eigenvalue weighted by Crippen LogP contribution is 2.45. The molecule has 1 heterocycles. The van der Waals surface area contributed by atoms with Crippen molar-refractivity contribution in [3.8, 4) is 0 Å². The number of carboxylic acids is 1. The van der Waals surface area contributed by atoms with Crippen LogP contribution < -0.4 is 0 Å². The Kier molecular flexibility index (Phi) is 7.66. The van der Waals surface area contributed by atoms with Gasteiger partial charge in [-0.2, -0.15) is 4.58 Å². The molecule has 30 heavy (non-hydrogen) atoms. The minimum Gasteiger partial charge on any atom is -0.481 e. The molecule has 2 aromatic rings. The molecule has 2 N–H and O–H groups in total. The van der Waals surface area contributed by atoms with Crippen molar-refractivity contribution >= 4 is 29.4 Å². The van der Waals surface area contributed by atoms with E-state index in [1.54, 1.807) is 0 Å². The predicted molar refractivity (Wildman–Crippen MR) is 116 cm³/mol. The van der Waals surface area contributed by atoms with Crippen LogP contribution in [0, 0.1) is 0 Å². The Balaban J connectivity index is 1.88. The Morgan fingerprint density at radius 1 is 1.13 bits per heavy atom. The number of hydrogen-bond acceptors (Lipinski definition) is 5. The second-order valence-corrected chi connectivity index (χ2v) is 8.62. The van der Waals surface area contributed by atoms with Crippen LogP contribution in [0.1, 0.15) is 57.1 Å². The molecule has 160 valence electrons. The number of carboxylic acid groups (broad SMARTS) is 1. The molecule has 0 amide bonds. The van der Waals surface area contributed by atoms with Crippen molar-refractivity contribution in [3.63, 3.8) is 0 Å². The van der Waals surface area contributed by atoms with Gasteiger partial charge in [0.1, 0.15) is 0 Å². The molecule has 0 spiro atoms. The zero-order chi connectivity index (χ0) is 21.6. The van der Waals surface area contributed by atoms with Gasteiger partial charge in [0, 0.05) is 35.4 Å². The summed E-state index contributed by atoms with van der Waals surface area (Å²) in [6.45, 7) is 5.22. The predicted octanol–water partition coefficient (Wildman–Crippen LogP) is 5.73. The fourth-order valence-electron chi connectivity index (χ4n) is 4.19. The van der Waals surface area contributed by atoms with Crippen molar-refractivity contribution in [1.82, 2.24) is 0 Å². The lowest BCUT2D eigenvalue weighted by Gasteiger charge is -2.22. The normalized spacial score (nSPS) is 18.0. The highest BCUT2D eigenvalue weighted by molar-refractivity contribution is 7.94. The first-order valence-corrected chi connectivity index (χ1v) is 10.9. The van der Waals surface area contributed by atoms with E-state index < -0.39 is 5.97 Å². The fraction of sp³-hybridized carbons (Fsp3) is 0.391. The zero-order valence-electron chi connectivity index (χ0n) is 17.3. The minimum atomic E-state index is -0.739. The van der Waals surface area contributed by atoms with Crippen molar-refractivity contribution in [2.24, 2.45) is 0 Å². The Bertz CT molecular complexity index is 915. The van der Waals surface area contributed by atoms with E-state index in [1.807, 2.05) is 12.1 Å². The molecule has 6 nitrogen and oxygen atoms in total. The largest absolute Gasteiger partial charge is 0.481 e. The Morgan fingerprint density at radius 3 is 2.60 bits per heavy atom. The van der Waals surface area contributed by atoms with Crippen LogP contribution in [0.5, 0.6) is 0 Å². The van der Waals surface area contributed by atoms with Gasteiger partial charge in [0.05, 0.1) is 17.5 Å². The molecule has 0 unspecified atom stereocenters. The van der Waals surface area contributed by atoms with E-state index in [2.05, 4.69) is 64.2 Å². The summed E-state index contributed by atoms with van der Waals surface area (Å²) < 4.78 is 6.99. The second kappa shape index (κ2) is 10.2. The quantitative estimate of drug-likeness (QED) is 0.156. The molecule has 0 bridgehead atoms. The smallest absolute Gasteiger partial charge is 0.303 e. The monoisotopic (exact) mass is 430 g/mol. The van der Waals surface area contributed by atoms with Crippen LogP contribution in [-0.2, 0) is 26.1 Å². The summed E-state index contributed by atoms with van der Waals surface area (Å²) >= 11 is 0.964. The Hall–Kier alpha value is -2.19. The van der Waals surface area contributed by atoms with Crippen LogP contribution in [0.3, 0.4) is 0 Å². The van der Waals surface area contributed by atoms with Gasteiger partial charge in [0.25, 0.3) is 0 Å². The summed E-state index contributed by atoms with van der Waals surface area (Å²) in [6.07, 6.45) is 3.69. The molecule has 0 aromatic heterocycles. The van der Waals surface area contributed by atoms with Crippen LogP contribution in [0.4, 0.5) is 5.69 Å². The SMILES string of the molecule is CC1=[N+](Cc2ccccc2)c2ccc(SOOO)cc2[C@@]1(C)CCCCCC(=O)O. The molecule has 1 atom stereocenters. The zero-order valence-corrected chi connectivity index (χ0v) is 18.2. The van der Waals surface area contributed by atoms with Gasteiger partial charge < -0.3 is 5.11 Å². The van der Waals surface area contributed by atoms with Crippen molar-refractivity contribution in [1.29, 1.82) is 0 Å². The van der Waals surface area contributed by atoms with Gasteiger partial charge in [-0.05, 0) is 31.9 Å².